The SMILES string of the molecule is CN(C)S(=O)(=O)c1cccc(NC(=O)CSc2nnc(Nc3ccccc3)s2)c1. The quantitative estimate of drug-likeness (QED) is 0.509. The van der Waals surface area contributed by atoms with E-state index in [-0.39, 0.29) is 16.6 Å². The summed E-state index contributed by atoms with van der Waals surface area (Å²) in [5.41, 5.74) is 1.33. The Balaban J connectivity index is 1.56. The Morgan fingerprint density at radius 2 is 1.79 bits per heavy atom. The molecule has 11 heteroatoms. The van der Waals surface area contributed by atoms with Crippen molar-refractivity contribution in [1.29, 1.82) is 0 Å². The number of nitrogens with one attached hydrogen (secondary N) is 2. The lowest BCUT2D eigenvalue weighted by molar-refractivity contribution is -0.113. The van der Waals surface area contributed by atoms with E-state index in [1.165, 1.54) is 49.3 Å². The Kier molecular flexibility index (Phi) is 6.85. The molecule has 0 unspecified atom stereocenters. The number of anilines is 3. The Labute approximate surface area is 177 Å². The van der Waals surface area contributed by atoms with Gasteiger partial charge in [-0.2, -0.15) is 0 Å². The first kappa shape index (κ1) is 21.2. The molecule has 8 nitrogen and oxygen atoms in total. The van der Waals surface area contributed by atoms with Gasteiger partial charge >= 0.3 is 0 Å². The van der Waals surface area contributed by atoms with E-state index in [0.717, 1.165) is 9.99 Å². The standard InChI is InChI=1S/C18H19N5O3S3/c1-23(2)29(25,26)15-10-6-9-14(11-15)19-16(24)12-27-18-22-21-17(28-18)20-13-7-4-3-5-8-13/h3-11H,12H2,1-2H3,(H,19,24)(H,20,21). The number of nitrogens with zero attached hydrogens (tertiary/aromatic N) is 3. The summed E-state index contributed by atoms with van der Waals surface area (Å²) >= 11 is 2.61. The zero-order chi connectivity index (χ0) is 20.9. The van der Waals surface area contributed by atoms with E-state index in [1.54, 1.807) is 12.1 Å². The maximum Gasteiger partial charge on any atom is 0.242 e. The van der Waals surface area contributed by atoms with Crippen LogP contribution in [0.4, 0.5) is 16.5 Å². The molecule has 0 aliphatic heterocycles. The van der Waals surface area contributed by atoms with E-state index in [9.17, 15) is 13.2 Å². The minimum Gasteiger partial charge on any atom is -0.330 e. The summed E-state index contributed by atoms with van der Waals surface area (Å²) in [7, 11) is -0.643. The monoisotopic (exact) mass is 449 g/mol. The van der Waals surface area contributed by atoms with Crippen molar-refractivity contribution < 1.29 is 13.2 Å². The summed E-state index contributed by atoms with van der Waals surface area (Å²) in [4.78, 5) is 12.3. The number of sulfonamides is 1. The highest BCUT2D eigenvalue weighted by molar-refractivity contribution is 8.01. The second kappa shape index (κ2) is 9.35. The third kappa shape index (κ3) is 5.76. The van der Waals surface area contributed by atoms with Gasteiger partial charge in [-0.05, 0) is 30.3 Å². The fraction of sp³-hybridized carbons (Fsp3) is 0.167. The maximum atomic E-state index is 12.2. The van der Waals surface area contributed by atoms with E-state index >= 15 is 0 Å². The smallest absolute Gasteiger partial charge is 0.242 e. The summed E-state index contributed by atoms with van der Waals surface area (Å²) in [6, 6.07) is 15.8. The zero-order valence-corrected chi connectivity index (χ0v) is 18.1. The van der Waals surface area contributed by atoms with Gasteiger partial charge in [0.05, 0.1) is 10.6 Å². The third-order valence-corrected chi connectivity index (χ3v) is 7.44. The molecule has 2 aromatic carbocycles. The molecule has 0 bridgehead atoms. The number of amides is 1. The van der Waals surface area contributed by atoms with E-state index in [2.05, 4.69) is 20.8 Å². The van der Waals surface area contributed by atoms with Gasteiger partial charge in [0.25, 0.3) is 0 Å². The number of thioether (sulfide) groups is 1. The van der Waals surface area contributed by atoms with Crippen LogP contribution in [-0.4, -0.2) is 48.7 Å². The van der Waals surface area contributed by atoms with Crippen LogP contribution in [-0.2, 0) is 14.8 Å². The molecule has 29 heavy (non-hydrogen) atoms. The van der Waals surface area contributed by atoms with Gasteiger partial charge in [-0.3, -0.25) is 4.79 Å². The molecule has 3 rings (SSSR count). The van der Waals surface area contributed by atoms with Gasteiger partial charge in [-0.25, -0.2) is 12.7 Å². The van der Waals surface area contributed by atoms with Crippen LogP contribution in [0, 0.1) is 0 Å². The largest absolute Gasteiger partial charge is 0.330 e. The van der Waals surface area contributed by atoms with Gasteiger partial charge in [-0.15, -0.1) is 10.2 Å². The molecule has 0 saturated heterocycles. The van der Waals surface area contributed by atoms with Crippen molar-refractivity contribution in [1.82, 2.24) is 14.5 Å². The first-order chi connectivity index (χ1) is 13.8. The van der Waals surface area contributed by atoms with Gasteiger partial charge in [0.15, 0.2) is 4.34 Å². The summed E-state index contributed by atoms with van der Waals surface area (Å²) in [5.74, 6) is -0.132. The van der Waals surface area contributed by atoms with E-state index in [1.807, 2.05) is 30.3 Å². The number of carbonyl (C=O) groups is 1. The maximum absolute atomic E-state index is 12.2. The first-order valence-corrected chi connectivity index (χ1v) is 11.7. The second-order valence-electron chi connectivity index (χ2n) is 6.02. The molecule has 3 aromatic rings. The highest BCUT2D eigenvalue weighted by Gasteiger charge is 2.17. The average Bonchev–Trinajstić information content (AvgIpc) is 3.14. The molecule has 0 fully saturated rings. The Morgan fingerprint density at radius 3 is 2.52 bits per heavy atom. The number of benzene rings is 2. The van der Waals surface area contributed by atoms with Gasteiger partial charge < -0.3 is 10.6 Å². The lowest BCUT2D eigenvalue weighted by atomic mass is 10.3. The van der Waals surface area contributed by atoms with Crippen LogP contribution in [0.5, 0.6) is 0 Å². The molecule has 0 atom stereocenters. The highest BCUT2D eigenvalue weighted by Crippen LogP contribution is 2.27. The molecular weight excluding hydrogens is 430 g/mol. The van der Waals surface area contributed by atoms with Gasteiger partial charge in [0, 0.05) is 25.5 Å². The van der Waals surface area contributed by atoms with Gasteiger partial charge in [-0.1, -0.05) is 47.4 Å². The van der Waals surface area contributed by atoms with Crippen molar-refractivity contribution in [3.63, 3.8) is 0 Å². The number of rotatable bonds is 8. The molecular formula is C18H19N5O3S3. The molecule has 0 spiro atoms. The number of para-hydroxylation sites is 1. The lowest BCUT2D eigenvalue weighted by Crippen LogP contribution is -2.22. The number of hydrogen-bond donors (Lipinski definition) is 2. The van der Waals surface area contributed by atoms with Crippen LogP contribution in [0.1, 0.15) is 0 Å². The molecule has 1 aromatic heterocycles. The number of hydrogen-bond acceptors (Lipinski definition) is 8. The summed E-state index contributed by atoms with van der Waals surface area (Å²) in [6.45, 7) is 0. The third-order valence-electron chi connectivity index (χ3n) is 3.65. The Morgan fingerprint density at radius 1 is 1.07 bits per heavy atom. The molecule has 0 saturated carbocycles. The van der Waals surface area contributed by atoms with Crippen LogP contribution in [0.3, 0.4) is 0 Å². The molecule has 2 N–H and O–H groups in total. The topological polar surface area (TPSA) is 104 Å². The molecule has 1 amide bonds. The predicted molar refractivity (Wildman–Crippen MR) is 116 cm³/mol. The van der Waals surface area contributed by atoms with Crippen molar-refractivity contribution in [2.75, 3.05) is 30.5 Å². The second-order valence-corrected chi connectivity index (χ2v) is 10.4. The Bertz CT molecular complexity index is 1080. The lowest BCUT2D eigenvalue weighted by Gasteiger charge is -2.12. The fourth-order valence-corrected chi connectivity index (χ4v) is 4.75. The van der Waals surface area contributed by atoms with Crippen molar-refractivity contribution in [3.8, 4) is 0 Å². The van der Waals surface area contributed by atoms with Crippen LogP contribution < -0.4 is 10.6 Å². The van der Waals surface area contributed by atoms with Crippen LogP contribution in [0.25, 0.3) is 0 Å². The normalized spacial score (nSPS) is 11.4. The zero-order valence-electron chi connectivity index (χ0n) is 15.7. The average molecular weight is 450 g/mol. The van der Waals surface area contributed by atoms with E-state index in [0.29, 0.717) is 15.2 Å². The number of carbonyl (C=O) groups excluding carboxylic acids is 1. The van der Waals surface area contributed by atoms with Crippen LogP contribution in [0.15, 0.2) is 63.8 Å². The summed E-state index contributed by atoms with van der Waals surface area (Å²) in [6.07, 6.45) is 0. The summed E-state index contributed by atoms with van der Waals surface area (Å²) in [5, 5.41) is 14.6. The summed E-state index contributed by atoms with van der Waals surface area (Å²) < 4.78 is 26.2. The van der Waals surface area contributed by atoms with Crippen molar-refractivity contribution >= 4 is 55.5 Å². The fourth-order valence-electron chi connectivity index (χ4n) is 2.23. The van der Waals surface area contributed by atoms with Crippen molar-refractivity contribution in [2.45, 2.75) is 9.24 Å². The van der Waals surface area contributed by atoms with Gasteiger partial charge in [0.1, 0.15) is 0 Å². The molecule has 0 aliphatic carbocycles. The molecule has 0 radical (unpaired) electrons. The number of aromatic nitrogens is 2. The molecule has 0 aliphatic rings. The molecule has 1 heterocycles. The Hall–Kier alpha value is -2.47. The van der Waals surface area contributed by atoms with Crippen molar-refractivity contribution in [2.24, 2.45) is 0 Å². The first-order valence-electron chi connectivity index (χ1n) is 8.45. The van der Waals surface area contributed by atoms with Crippen molar-refractivity contribution in [3.05, 3.63) is 54.6 Å². The minimum atomic E-state index is -3.56. The van der Waals surface area contributed by atoms with Crippen LogP contribution >= 0.6 is 23.1 Å². The minimum absolute atomic E-state index is 0.119. The molecule has 152 valence electrons. The van der Waals surface area contributed by atoms with Crippen LogP contribution in [0.2, 0.25) is 0 Å². The highest BCUT2D eigenvalue weighted by atomic mass is 32.2. The van der Waals surface area contributed by atoms with Gasteiger partial charge in [0.2, 0.25) is 21.1 Å². The van der Waals surface area contributed by atoms with E-state index < -0.39 is 10.0 Å². The predicted octanol–water partition coefficient (Wildman–Crippen LogP) is 3.26. The van der Waals surface area contributed by atoms with E-state index in [4.69, 9.17) is 0 Å².